The monoisotopic (exact) mass is 628 g/mol. The van der Waals surface area contributed by atoms with Gasteiger partial charge in [-0.3, -0.25) is 9.59 Å². The number of ketones is 2. The zero-order chi connectivity index (χ0) is 32.8. The van der Waals surface area contributed by atoms with Gasteiger partial charge in [-0.15, -0.1) is 0 Å². The highest BCUT2D eigenvalue weighted by Gasteiger charge is 2.42. The molecule has 0 unspecified atom stereocenters. The smallest absolute Gasteiger partial charge is 0.202 e. The number of carbonyl (C=O) groups excluding carboxylic acids is 2. The minimum absolute atomic E-state index is 0.0127. The number of phenols is 1. The predicted molar refractivity (Wildman–Crippen MR) is 177 cm³/mol. The third-order valence-electron chi connectivity index (χ3n) is 8.40. The number of hydrogen-bond acceptors (Lipinski definition) is 10. The van der Waals surface area contributed by atoms with Crippen LogP contribution in [0.25, 0.3) is 27.6 Å². The molecular formula is C36H40N2O8. The Kier molecular flexibility index (Phi) is 10.5. The lowest BCUT2D eigenvalue weighted by Gasteiger charge is -2.33. The van der Waals surface area contributed by atoms with Gasteiger partial charge in [0.15, 0.2) is 5.78 Å². The molecule has 0 amide bonds. The van der Waals surface area contributed by atoms with E-state index in [2.05, 4.69) is 0 Å². The summed E-state index contributed by atoms with van der Waals surface area (Å²) in [6, 6.07) is 16.1. The fraction of sp³-hybridized carbons (Fsp3) is 0.333. The largest absolute Gasteiger partial charge is 0.507 e. The van der Waals surface area contributed by atoms with E-state index >= 15 is 0 Å². The number of anilines is 1. The molecule has 2 aliphatic carbocycles. The SMILES string of the molecule is COCCN(CCOC)C1=CC(=O)/C(=C2\C(=O)C(c3c(O)cc(N(CCCO)CCCO)c4ccccc34)=C2O)c2ccccc21. The van der Waals surface area contributed by atoms with Crippen LogP contribution in [-0.2, 0) is 19.1 Å². The summed E-state index contributed by atoms with van der Waals surface area (Å²) in [5.41, 5.74) is 2.81. The van der Waals surface area contributed by atoms with Gasteiger partial charge < -0.3 is 39.7 Å². The number of aliphatic hydroxyl groups excluding tert-OH is 3. The molecule has 242 valence electrons. The molecule has 2 aliphatic rings. The van der Waals surface area contributed by atoms with Crippen molar-refractivity contribution in [3.8, 4) is 5.75 Å². The topological polar surface area (TPSA) is 140 Å². The Morgan fingerprint density at radius 2 is 1.28 bits per heavy atom. The summed E-state index contributed by atoms with van der Waals surface area (Å²) >= 11 is 0. The average Bonchev–Trinajstić information content (AvgIpc) is 3.07. The van der Waals surface area contributed by atoms with E-state index in [-0.39, 0.29) is 47.0 Å². The van der Waals surface area contributed by atoms with E-state index in [4.69, 9.17) is 9.47 Å². The molecule has 0 aliphatic heterocycles. The summed E-state index contributed by atoms with van der Waals surface area (Å²) < 4.78 is 10.6. The third-order valence-corrected chi connectivity index (χ3v) is 8.40. The van der Waals surface area contributed by atoms with E-state index in [1.165, 1.54) is 6.08 Å². The number of phenolic OH excluding ortho intramolecular Hbond substituents is 1. The van der Waals surface area contributed by atoms with Crippen LogP contribution in [0.15, 0.2) is 72.0 Å². The second-order valence-corrected chi connectivity index (χ2v) is 11.2. The summed E-state index contributed by atoms with van der Waals surface area (Å²) in [4.78, 5) is 31.7. The zero-order valence-corrected chi connectivity index (χ0v) is 26.2. The lowest BCUT2D eigenvalue weighted by atomic mass is 9.75. The van der Waals surface area contributed by atoms with Crippen LogP contribution in [-0.4, -0.2) is 104 Å². The van der Waals surface area contributed by atoms with Gasteiger partial charge in [0.25, 0.3) is 0 Å². The standard InChI is InChI=1S/C36H40N2O8/c1-45-19-15-38(16-20-46-2)28-22-30(42)32(26-12-6-4-10-24(26)28)34-35(43)33(36(34)44)31-25-11-5-3-9-23(25)27(21-29(31)41)37(13-7-17-39)14-8-18-40/h3-6,9-12,21-22,39-41,43H,7-8,13-20H2,1-2H3/b34-32-. The molecule has 0 aromatic heterocycles. The van der Waals surface area contributed by atoms with Crippen molar-refractivity contribution >= 4 is 44.9 Å². The minimum atomic E-state index is -0.534. The van der Waals surface area contributed by atoms with Crippen LogP contribution in [0.4, 0.5) is 5.69 Å². The number of aromatic hydroxyl groups is 1. The maximum Gasteiger partial charge on any atom is 0.202 e. The maximum absolute atomic E-state index is 14.0. The number of nitrogens with zero attached hydrogens (tertiary/aromatic N) is 2. The fourth-order valence-corrected chi connectivity index (χ4v) is 6.22. The second-order valence-electron chi connectivity index (χ2n) is 11.2. The van der Waals surface area contributed by atoms with E-state index in [1.54, 1.807) is 44.6 Å². The Bertz CT molecular complexity index is 1710. The first-order valence-electron chi connectivity index (χ1n) is 15.4. The van der Waals surface area contributed by atoms with E-state index in [9.17, 15) is 30.0 Å². The highest BCUT2D eigenvalue weighted by atomic mass is 16.5. The Morgan fingerprint density at radius 3 is 1.87 bits per heavy atom. The first kappa shape index (κ1) is 32.9. The molecule has 0 atom stereocenters. The van der Waals surface area contributed by atoms with Gasteiger partial charge in [-0.1, -0.05) is 48.5 Å². The van der Waals surface area contributed by atoms with Crippen molar-refractivity contribution in [2.75, 3.05) is 71.7 Å². The van der Waals surface area contributed by atoms with Gasteiger partial charge in [0.1, 0.15) is 11.5 Å². The van der Waals surface area contributed by atoms with Crippen LogP contribution >= 0.6 is 0 Å². The molecule has 3 aromatic carbocycles. The first-order chi connectivity index (χ1) is 22.4. The molecular weight excluding hydrogens is 588 g/mol. The van der Waals surface area contributed by atoms with E-state index in [0.29, 0.717) is 74.6 Å². The van der Waals surface area contributed by atoms with Gasteiger partial charge in [0.2, 0.25) is 5.78 Å². The van der Waals surface area contributed by atoms with E-state index in [1.807, 2.05) is 34.1 Å². The molecule has 0 spiro atoms. The quantitative estimate of drug-likeness (QED) is 0.183. The number of carbonyl (C=O) groups is 2. The summed E-state index contributed by atoms with van der Waals surface area (Å²) in [6.45, 7) is 2.88. The fourth-order valence-electron chi connectivity index (χ4n) is 6.22. The minimum Gasteiger partial charge on any atom is -0.507 e. The van der Waals surface area contributed by atoms with Crippen molar-refractivity contribution in [2.45, 2.75) is 12.8 Å². The number of ether oxygens (including phenoxy) is 2. The average molecular weight is 629 g/mol. The Morgan fingerprint density at radius 1 is 0.696 bits per heavy atom. The molecule has 0 bridgehead atoms. The summed E-state index contributed by atoms with van der Waals surface area (Å²) in [5.74, 6) is -1.49. The number of benzene rings is 3. The summed E-state index contributed by atoms with van der Waals surface area (Å²) in [5, 5.41) is 43.1. The molecule has 0 fully saturated rings. The van der Waals surface area contributed by atoms with Gasteiger partial charge in [-0.2, -0.15) is 0 Å². The molecule has 3 aromatic rings. The summed E-state index contributed by atoms with van der Waals surface area (Å²) in [6.07, 6.45) is 2.47. The highest BCUT2D eigenvalue weighted by Crippen LogP contribution is 2.49. The zero-order valence-electron chi connectivity index (χ0n) is 26.2. The van der Waals surface area contributed by atoms with Crippen molar-refractivity contribution in [3.05, 3.63) is 88.7 Å². The van der Waals surface area contributed by atoms with E-state index in [0.717, 1.165) is 10.9 Å². The molecule has 0 radical (unpaired) electrons. The summed E-state index contributed by atoms with van der Waals surface area (Å²) in [7, 11) is 3.22. The van der Waals surface area contributed by atoms with Crippen LogP contribution in [0.2, 0.25) is 0 Å². The molecule has 10 nitrogen and oxygen atoms in total. The predicted octanol–water partition coefficient (Wildman–Crippen LogP) is 3.94. The third kappa shape index (κ3) is 6.17. The molecule has 4 N–H and O–H groups in total. The number of allylic oxidation sites excluding steroid dienone is 4. The van der Waals surface area contributed by atoms with Crippen molar-refractivity contribution in [1.29, 1.82) is 0 Å². The molecule has 5 rings (SSSR count). The molecule has 0 heterocycles. The van der Waals surface area contributed by atoms with Crippen LogP contribution in [0.3, 0.4) is 0 Å². The first-order valence-corrected chi connectivity index (χ1v) is 15.4. The van der Waals surface area contributed by atoms with Gasteiger partial charge >= 0.3 is 0 Å². The number of hydrogen-bond donors (Lipinski definition) is 4. The normalized spacial score (nSPS) is 16.0. The van der Waals surface area contributed by atoms with Gasteiger partial charge in [0, 0.05) is 99.2 Å². The van der Waals surface area contributed by atoms with Crippen LogP contribution in [0.1, 0.15) is 29.5 Å². The van der Waals surface area contributed by atoms with Gasteiger partial charge in [-0.25, -0.2) is 0 Å². The van der Waals surface area contributed by atoms with Crippen LogP contribution < -0.4 is 4.90 Å². The van der Waals surface area contributed by atoms with Crippen LogP contribution in [0.5, 0.6) is 5.75 Å². The Balaban J connectivity index is 1.62. The number of rotatable bonds is 15. The lowest BCUT2D eigenvalue weighted by Crippen LogP contribution is -2.32. The molecule has 46 heavy (non-hydrogen) atoms. The van der Waals surface area contributed by atoms with Gasteiger partial charge in [0.05, 0.1) is 24.4 Å². The molecule has 0 saturated heterocycles. The maximum atomic E-state index is 14.0. The Labute approximate surface area is 268 Å². The van der Waals surface area contributed by atoms with Crippen molar-refractivity contribution in [1.82, 2.24) is 4.90 Å². The number of methoxy groups -OCH3 is 2. The van der Waals surface area contributed by atoms with Crippen molar-refractivity contribution < 1.29 is 39.5 Å². The van der Waals surface area contributed by atoms with E-state index < -0.39 is 11.6 Å². The van der Waals surface area contributed by atoms with Crippen molar-refractivity contribution in [3.63, 3.8) is 0 Å². The number of Topliss-reactive ketones (excluding diaryl/α,β-unsaturated/α-hetero) is 1. The number of aliphatic hydroxyl groups is 3. The van der Waals surface area contributed by atoms with Crippen LogP contribution in [0, 0.1) is 0 Å². The van der Waals surface area contributed by atoms with Gasteiger partial charge in [-0.05, 0) is 23.8 Å². The highest BCUT2D eigenvalue weighted by molar-refractivity contribution is 6.48. The molecule has 0 saturated carbocycles. The molecule has 10 heteroatoms. The lowest BCUT2D eigenvalue weighted by molar-refractivity contribution is -0.113. The number of fused-ring (bicyclic) bond motifs is 2. The second kappa shape index (κ2) is 14.7. The Hall–Kier alpha value is -4.48. The van der Waals surface area contributed by atoms with Crippen molar-refractivity contribution in [2.24, 2.45) is 0 Å².